The molecule has 2 atom stereocenters. The van der Waals surface area contributed by atoms with Gasteiger partial charge in [-0.15, -0.1) is 0 Å². The summed E-state index contributed by atoms with van der Waals surface area (Å²) in [6, 6.07) is 0.150. The van der Waals surface area contributed by atoms with Gasteiger partial charge in [0.15, 0.2) is 0 Å². The molecule has 2 saturated carbocycles. The minimum absolute atomic E-state index is 0.00129. The van der Waals surface area contributed by atoms with Crippen molar-refractivity contribution in [1.82, 2.24) is 10.2 Å². The summed E-state index contributed by atoms with van der Waals surface area (Å²) in [5.41, 5.74) is 0.157. The molecule has 2 fully saturated rings. The first-order chi connectivity index (χ1) is 9.64. The molecule has 2 aliphatic carbocycles. The zero-order chi connectivity index (χ0) is 14.6. The molecule has 20 heavy (non-hydrogen) atoms. The zero-order valence-electron chi connectivity index (χ0n) is 12.7. The van der Waals surface area contributed by atoms with Crippen molar-refractivity contribution in [2.24, 2.45) is 5.41 Å². The average Bonchev–Trinajstić information content (AvgIpc) is 2.47. The second-order valence-corrected chi connectivity index (χ2v) is 6.12. The van der Waals surface area contributed by atoms with Gasteiger partial charge < -0.3 is 20.1 Å². The molecule has 2 unspecified atom stereocenters. The van der Waals surface area contributed by atoms with Gasteiger partial charge in [0.1, 0.15) is 0 Å². The summed E-state index contributed by atoms with van der Waals surface area (Å²) in [5, 5.41) is 12.0. The van der Waals surface area contributed by atoms with Gasteiger partial charge in [-0.2, -0.15) is 0 Å². The molecular weight excluding hydrogens is 256 g/mol. The molecule has 0 radical (unpaired) electrons. The van der Waals surface area contributed by atoms with Crippen molar-refractivity contribution in [1.29, 1.82) is 0 Å². The third-order valence-electron chi connectivity index (χ3n) is 5.02. The normalized spacial score (nSPS) is 27.9. The number of hydrogen-bond acceptors (Lipinski definition) is 3. The standard InChI is InChI=1S/C15H28N2O3/c1-3-20-13-11-12(15(13)7-5-4-6-8-15)16-14(19)17(2)9-10-18/h12-13,18H,3-11H2,1-2H3,(H,16,19). The van der Waals surface area contributed by atoms with E-state index in [9.17, 15) is 4.79 Å². The number of nitrogens with one attached hydrogen (secondary N) is 1. The van der Waals surface area contributed by atoms with E-state index in [4.69, 9.17) is 9.84 Å². The van der Waals surface area contributed by atoms with E-state index in [-0.39, 0.29) is 24.1 Å². The lowest BCUT2D eigenvalue weighted by Crippen LogP contribution is -2.66. The van der Waals surface area contributed by atoms with E-state index in [2.05, 4.69) is 5.32 Å². The summed E-state index contributed by atoms with van der Waals surface area (Å²) in [6.45, 7) is 3.16. The highest BCUT2D eigenvalue weighted by molar-refractivity contribution is 5.74. The van der Waals surface area contributed by atoms with E-state index in [1.807, 2.05) is 6.92 Å². The number of aliphatic hydroxyl groups excluding tert-OH is 1. The van der Waals surface area contributed by atoms with Crippen molar-refractivity contribution in [2.45, 2.75) is 57.6 Å². The van der Waals surface area contributed by atoms with Gasteiger partial charge in [0, 0.05) is 31.7 Å². The van der Waals surface area contributed by atoms with Crippen molar-refractivity contribution in [2.75, 3.05) is 26.8 Å². The van der Waals surface area contributed by atoms with Crippen LogP contribution in [0.3, 0.4) is 0 Å². The number of rotatable bonds is 5. The van der Waals surface area contributed by atoms with E-state index in [1.165, 1.54) is 19.3 Å². The third kappa shape index (κ3) is 2.93. The molecule has 5 nitrogen and oxygen atoms in total. The molecule has 0 aliphatic heterocycles. The van der Waals surface area contributed by atoms with Gasteiger partial charge in [0.25, 0.3) is 0 Å². The van der Waals surface area contributed by atoms with Gasteiger partial charge in [0.2, 0.25) is 0 Å². The number of nitrogens with zero attached hydrogens (tertiary/aromatic N) is 1. The van der Waals surface area contributed by atoms with Crippen LogP contribution in [0.25, 0.3) is 0 Å². The minimum Gasteiger partial charge on any atom is -0.395 e. The Morgan fingerprint density at radius 1 is 1.40 bits per heavy atom. The minimum atomic E-state index is -0.0797. The van der Waals surface area contributed by atoms with Crippen LogP contribution >= 0.6 is 0 Å². The Morgan fingerprint density at radius 3 is 2.70 bits per heavy atom. The molecule has 0 aromatic carbocycles. The largest absolute Gasteiger partial charge is 0.395 e. The molecule has 2 rings (SSSR count). The number of urea groups is 1. The van der Waals surface area contributed by atoms with Gasteiger partial charge in [-0.25, -0.2) is 4.79 Å². The maximum Gasteiger partial charge on any atom is 0.317 e. The molecule has 116 valence electrons. The fourth-order valence-electron chi connectivity index (χ4n) is 3.78. The average molecular weight is 284 g/mol. The van der Waals surface area contributed by atoms with E-state index in [0.29, 0.717) is 12.6 Å². The Balaban J connectivity index is 1.95. The van der Waals surface area contributed by atoms with E-state index < -0.39 is 0 Å². The molecule has 0 bridgehead atoms. The second-order valence-electron chi connectivity index (χ2n) is 6.12. The van der Waals surface area contributed by atoms with Crippen LogP contribution < -0.4 is 5.32 Å². The third-order valence-corrected chi connectivity index (χ3v) is 5.02. The van der Waals surface area contributed by atoms with Gasteiger partial charge in [-0.05, 0) is 26.2 Å². The maximum absolute atomic E-state index is 12.1. The summed E-state index contributed by atoms with van der Waals surface area (Å²) >= 11 is 0. The number of ether oxygens (including phenoxy) is 1. The Bertz CT molecular complexity index is 329. The molecule has 2 N–H and O–H groups in total. The molecule has 0 saturated heterocycles. The van der Waals surface area contributed by atoms with Crippen LogP contribution in [0.1, 0.15) is 45.4 Å². The monoisotopic (exact) mass is 284 g/mol. The predicted octanol–water partition coefficient (Wildman–Crippen LogP) is 1.75. The van der Waals surface area contributed by atoms with Crippen LogP contribution in [0.2, 0.25) is 0 Å². The molecular formula is C15H28N2O3. The van der Waals surface area contributed by atoms with Gasteiger partial charge >= 0.3 is 6.03 Å². The highest BCUT2D eigenvalue weighted by atomic mass is 16.5. The first-order valence-electron chi connectivity index (χ1n) is 7.88. The molecule has 0 heterocycles. The van der Waals surface area contributed by atoms with E-state index >= 15 is 0 Å². The van der Waals surface area contributed by atoms with E-state index in [1.54, 1.807) is 11.9 Å². The smallest absolute Gasteiger partial charge is 0.317 e. The quantitative estimate of drug-likeness (QED) is 0.808. The van der Waals surface area contributed by atoms with Crippen molar-refractivity contribution < 1.29 is 14.6 Å². The lowest BCUT2D eigenvalue weighted by molar-refractivity contribution is -0.147. The number of hydrogen-bond donors (Lipinski definition) is 2. The van der Waals surface area contributed by atoms with Crippen molar-refractivity contribution in [3.63, 3.8) is 0 Å². The summed E-state index contributed by atoms with van der Waals surface area (Å²) in [7, 11) is 1.72. The van der Waals surface area contributed by atoms with Crippen molar-refractivity contribution >= 4 is 6.03 Å². The van der Waals surface area contributed by atoms with E-state index in [0.717, 1.165) is 25.9 Å². The molecule has 1 spiro atoms. The van der Waals surface area contributed by atoms with Gasteiger partial charge in [-0.3, -0.25) is 0 Å². The fraction of sp³-hybridized carbons (Fsp3) is 0.933. The highest BCUT2D eigenvalue weighted by Crippen LogP contribution is 2.53. The van der Waals surface area contributed by atoms with Crippen LogP contribution in [0.4, 0.5) is 4.79 Å². The van der Waals surface area contributed by atoms with Crippen LogP contribution in [0, 0.1) is 5.41 Å². The summed E-state index contributed by atoms with van der Waals surface area (Å²) in [5.74, 6) is 0. The molecule has 0 aromatic rings. The Kier molecular flexibility index (Phi) is 5.27. The first-order valence-corrected chi connectivity index (χ1v) is 7.88. The Labute approximate surface area is 121 Å². The summed E-state index contributed by atoms with van der Waals surface area (Å²) in [6.07, 6.45) is 7.32. The zero-order valence-corrected chi connectivity index (χ0v) is 12.7. The fourth-order valence-corrected chi connectivity index (χ4v) is 3.78. The SMILES string of the molecule is CCOC1CC(NC(=O)N(C)CCO)C12CCCCC2. The van der Waals surface area contributed by atoms with Crippen molar-refractivity contribution in [3.05, 3.63) is 0 Å². The van der Waals surface area contributed by atoms with Gasteiger partial charge in [-0.1, -0.05) is 19.3 Å². The molecule has 2 aliphatic rings. The molecule has 0 aromatic heterocycles. The predicted molar refractivity (Wildman–Crippen MR) is 77.6 cm³/mol. The highest BCUT2D eigenvalue weighted by Gasteiger charge is 2.56. The van der Waals surface area contributed by atoms with Crippen LogP contribution in [0.5, 0.6) is 0 Å². The maximum atomic E-state index is 12.1. The number of amides is 2. The molecule has 2 amide bonds. The second kappa shape index (κ2) is 6.76. The first kappa shape index (κ1) is 15.6. The Hall–Kier alpha value is -0.810. The number of carbonyl (C=O) groups excluding carboxylic acids is 1. The topological polar surface area (TPSA) is 61.8 Å². The lowest BCUT2D eigenvalue weighted by atomic mass is 9.55. The number of carbonyl (C=O) groups is 1. The number of likely N-dealkylation sites (N-methyl/N-ethyl adjacent to an activating group) is 1. The Morgan fingerprint density at radius 2 is 2.10 bits per heavy atom. The van der Waals surface area contributed by atoms with Crippen LogP contribution in [0.15, 0.2) is 0 Å². The van der Waals surface area contributed by atoms with Crippen LogP contribution in [-0.2, 0) is 4.74 Å². The summed E-state index contributed by atoms with van der Waals surface area (Å²) < 4.78 is 5.89. The summed E-state index contributed by atoms with van der Waals surface area (Å²) in [4.78, 5) is 13.6. The lowest BCUT2D eigenvalue weighted by Gasteiger charge is -2.57. The van der Waals surface area contributed by atoms with Crippen LogP contribution in [-0.4, -0.2) is 55.0 Å². The number of aliphatic hydroxyl groups is 1. The molecule has 5 heteroatoms. The van der Waals surface area contributed by atoms with Gasteiger partial charge in [0.05, 0.1) is 12.7 Å². The van der Waals surface area contributed by atoms with Crippen molar-refractivity contribution in [3.8, 4) is 0 Å².